The fourth-order valence-electron chi connectivity index (χ4n) is 3.57. The summed E-state index contributed by atoms with van der Waals surface area (Å²) in [6.07, 6.45) is 3.79. The zero-order valence-corrected chi connectivity index (χ0v) is 20.0. The van der Waals surface area contributed by atoms with Crippen LogP contribution >= 0.6 is 0 Å². The first kappa shape index (κ1) is 26.0. The molecule has 0 aliphatic heterocycles. The number of aliphatic hydroxyl groups excluding tert-OH is 1. The molecular weight excluding hydrogens is 444 g/mol. The van der Waals surface area contributed by atoms with E-state index in [1.54, 1.807) is 55.5 Å². The molecule has 1 unspecified atom stereocenters. The van der Waals surface area contributed by atoms with Crippen molar-refractivity contribution in [3.05, 3.63) is 89.5 Å². The van der Waals surface area contributed by atoms with Gasteiger partial charge in [0, 0.05) is 12.8 Å². The van der Waals surface area contributed by atoms with Gasteiger partial charge in [-0.15, -0.1) is 0 Å². The molecule has 0 bridgehead atoms. The van der Waals surface area contributed by atoms with Gasteiger partial charge in [0.1, 0.15) is 17.2 Å². The zero-order chi connectivity index (χ0) is 25.0. The van der Waals surface area contributed by atoms with Crippen LogP contribution in [-0.4, -0.2) is 28.3 Å². The minimum Gasteiger partial charge on any atom is -0.508 e. The van der Waals surface area contributed by atoms with E-state index in [9.17, 15) is 19.8 Å². The normalized spacial score (nSPS) is 11.6. The monoisotopic (exact) mass is 476 g/mol. The van der Waals surface area contributed by atoms with Crippen LogP contribution in [0.4, 0.5) is 0 Å². The number of phenols is 1. The summed E-state index contributed by atoms with van der Waals surface area (Å²) in [5.41, 5.74) is 3.04. The van der Waals surface area contributed by atoms with Gasteiger partial charge in [-0.3, -0.25) is 9.59 Å². The van der Waals surface area contributed by atoms with Crippen LogP contribution < -0.4 is 9.47 Å². The van der Waals surface area contributed by atoms with Gasteiger partial charge in [0.05, 0.1) is 6.10 Å². The molecule has 3 aromatic carbocycles. The number of benzene rings is 3. The molecule has 0 aromatic heterocycles. The Kier molecular flexibility index (Phi) is 9.87. The first-order valence-corrected chi connectivity index (χ1v) is 11.9. The van der Waals surface area contributed by atoms with E-state index in [1.807, 2.05) is 24.3 Å². The molecular formula is C29H32O6. The lowest BCUT2D eigenvalue weighted by atomic mass is 10.1. The van der Waals surface area contributed by atoms with Crippen molar-refractivity contribution in [2.75, 3.05) is 0 Å². The minimum atomic E-state index is -0.330. The molecule has 0 fully saturated rings. The molecule has 0 aliphatic rings. The highest BCUT2D eigenvalue weighted by atomic mass is 16.5. The lowest BCUT2D eigenvalue weighted by Gasteiger charge is -2.08. The van der Waals surface area contributed by atoms with Gasteiger partial charge in [0.15, 0.2) is 0 Å². The van der Waals surface area contributed by atoms with Crippen molar-refractivity contribution >= 4 is 11.9 Å². The van der Waals surface area contributed by atoms with Gasteiger partial charge in [0.25, 0.3) is 0 Å². The number of hydrogen-bond acceptors (Lipinski definition) is 6. The van der Waals surface area contributed by atoms with Crippen LogP contribution in [0.1, 0.15) is 49.3 Å². The molecule has 2 N–H and O–H groups in total. The topological polar surface area (TPSA) is 93.1 Å². The lowest BCUT2D eigenvalue weighted by molar-refractivity contribution is -0.135. The Labute approximate surface area is 206 Å². The third-order valence-corrected chi connectivity index (χ3v) is 5.57. The van der Waals surface area contributed by atoms with Gasteiger partial charge < -0.3 is 19.7 Å². The Morgan fingerprint density at radius 3 is 1.51 bits per heavy atom. The van der Waals surface area contributed by atoms with Crippen LogP contribution in [0.2, 0.25) is 0 Å². The van der Waals surface area contributed by atoms with Gasteiger partial charge >= 0.3 is 11.9 Å². The molecule has 35 heavy (non-hydrogen) atoms. The van der Waals surface area contributed by atoms with Crippen LogP contribution in [0.25, 0.3) is 0 Å². The van der Waals surface area contributed by atoms with E-state index in [-0.39, 0.29) is 36.6 Å². The Morgan fingerprint density at radius 1 is 0.686 bits per heavy atom. The second kappa shape index (κ2) is 13.3. The van der Waals surface area contributed by atoms with Gasteiger partial charge in [-0.25, -0.2) is 0 Å². The van der Waals surface area contributed by atoms with Crippen molar-refractivity contribution in [1.82, 2.24) is 0 Å². The maximum absolute atomic E-state index is 12.2. The number of esters is 2. The SMILES string of the molecule is CC(O)CCCc1ccc(OC(=O)CCc2ccc(OC(=O)CCc3ccc(O)cc3)cc2)cc1. The van der Waals surface area contributed by atoms with Crippen molar-refractivity contribution < 1.29 is 29.3 Å². The van der Waals surface area contributed by atoms with Crippen LogP contribution in [0.15, 0.2) is 72.8 Å². The molecule has 0 aliphatic carbocycles. The van der Waals surface area contributed by atoms with Crippen LogP contribution in [0, 0.1) is 0 Å². The summed E-state index contributed by atoms with van der Waals surface area (Å²) in [7, 11) is 0. The van der Waals surface area contributed by atoms with E-state index in [4.69, 9.17) is 9.47 Å². The molecule has 3 aromatic rings. The van der Waals surface area contributed by atoms with Gasteiger partial charge in [0.2, 0.25) is 0 Å². The number of phenolic OH excluding ortho intramolecular Hbond substituents is 1. The van der Waals surface area contributed by atoms with E-state index in [1.165, 1.54) is 0 Å². The Morgan fingerprint density at radius 2 is 1.09 bits per heavy atom. The third kappa shape index (κ3) is 9.63. The Hall–Kier alpha value is -3.64. The molecule has 1 atom stereocenters. The van der Waals surface area contributed by atoms with Crippen LogP contribution in [0.3, 0.4) is 0 Å². The molecule has 184 valence electrons. The summed E-state index contributed by atoms with van der Waals surface area (Å²) in [5.74, 6) is 0.531. The molecule has 0 saturated heterocycles. The number of aliphatic hydroxyl groups is 1. The number of carbonyl (C=O) groups excluding carboxylic acids is 2. The molecule has 0 amide bonds. The van der Waals surface area contributed by atoms with E-state index in [0.717, 1.165) is 36.0 Å². The summed E-state index contributed by atoms with van der Waals surface area (Å²) in [6, 6.07) is 21.3. The molecule has 0 saturated carbocycles. The number of aryl methyl sites for hydroxylation is 3. The van der Waals surface area contributed by atoms with Crippen LogP contribution in [-0.2, 0) is 28.9 Å². The lowest BCUT2D eigenvalue weighted by Crippen LogP contribution is -2.10. The highest BCUT2D eigenvalue weighted by Crippen LogP contribution is 2.18. The summed E-state index contributed by atoms with van der Waals surface area (Å²) >= 11 is 0. The van der Waals surface area contributed by atoms with Crippen molar-refractivity contribution in [3.8, 4) is 17.2 Å². The number of rotatable bonds is 12. The average molecular weight is 477 g/mol. The van der Waals surface area contributed by atoms with Crippen molar-refractivity contribution in [2.45, 2.75) is 58.0 Å². The van der Waals surface area contributed by atoms with Gasteiger partial charge in [-0.2, -0.15) is 0 Å². The number of aromatic hydroxyl groups is 1. The maximum Gasteiger partial charge on any atom is 0.311 e. The van der Waals surface area contributed by atoms with Crippen molar-refractivity contribution in [3.63, 3.8) is 0 Å². The number of hydrogen-bond donors (Lipinski definition) is 2. The second-order valence-corrected chi connectivity index (χ2v) is 8.64. The fourth-order valence-corrected chi connectivity index (χ4v) is 3.57. The molecule has 0 spiro atoms. The number of carbonyl (C=O) groups is 2. The largest absolute Gasteiger partial charge is 0.508 e. The standard InChI is InChI=1S/C29H32O6/c1-21(30)3-2-4-22-7-15-26(16-8-22)34-29(33)20-12-24-9-17-27(18-10-24)35-28(32)19-11-23-5-13-25(31)14-6-23/h5-10,13-18,21,30-31H,2-4,11-12,19-20H2,1H3. The first-order chi connectivity index (χ1) is 16.9. The minimum absolute atomic E-state index is 0.194. The molecule has 3 rings (SSSR count). The summed E-state index contributed by atoms with van der Waals surface area (Å²) in [5, 5.41) is 18.6. The van der Waals surface area contributed by atoms with E-state index >= 15 is 0 Å². The highest BCUT2D eigenvalue weighted by molar-refractivity contribution is 5.73. The Balaban J connectivity index is 1.37. The number of ether oxygens (including phenoxy) is 2. The summed E-state index contributed by atoms with van der Waals surface area (Å²) in [6.45, 7) is 1.79. The molecule has 0 radical (unpaired) electrons. The smallest absolute Gasteiger partial charge is 0.311 e. The zero-order valence-electron chi connectivity index (χ0n) is 20.0. The molecule has 0 heterocycles. The fraction of sp³-hybridized carbons (Fsp3) is 0.310. The third-order valence-electron chi connectivity index (χ3n) is 5.57. The van der Waals surface area contributed by atoms with Gasteiger partial charge in [-0.05, 0) is 92.1 Å². The van der Waals surface area contributed by atoms with Crippen LogP contribution in [0.5, 0.6) is 17.2 Å². The van der Waals surface area contributed by atoms with E-state index in [0.29, 0.717) is 24.3 Å². The summed E-state index contributed by atoms with van der Waals surface area (Å²) in [4.78, 5) is 24.3. The second-order valence-electron chi connectivity index (χ2n) is 8.64. The maximum atomic E-state index is 12.2. The quantitative estimate of drug-likeness (QED) is 0.277. The average Bonchev–Trinajstić information content (AvgIpc) is 2.84. The molecule has 6 heteroatoms. The summed E-state index contributed by atoms with van der Waals surface area (Å²) < 4.78 is 10.8. The van der Waals surface area contributed by atoms with E-state index < -0.39 is 0 Å². The predicted molar refractivity (Wildman–Crippen MR) is 134 cm³/mol. The van der Waals surface area contributed by atoms with E-state index in [2.05, 4.69) is 0 Å². The Bertz CT molecular complexity index is 1070. The first-order valence-electron chi connectivity index (χ1n) is 11.9. The van der Waals surface area contributed by atoms with Crippen molar-refractivity contribution in [2.24, 2.45) is 0 Å². The highest BCUT2D eigenvalue weighted by Gasteiger charge is 2.09. The van der Waals surface area contributed by atoms with Gasteiger partial charge in [-0.1, -0.05) is 36.4 Å². The molecule has 6 nitrogen and oxygen atoms in total. The predicted octanol–water partition coefficient (Wildman–Crippen LogP) is 5.17. The van der Waals surface area contributed by atoms with Crippen molar-refractivity contribution in [1.29, 1.82) is 0 Å².